The molecule has 2 aromatic carbocycles. The molecule has 0 radical (unpaired) electrons. The van der Waals surface area contributed by atoms with Crippen LogP contribution in [0.25, 0.3) is 0 Å². The van der Waals surface area contributed by atoms with Crippen molar-refractivity contribution in [2.75, 3.05) is 25.1 Å². The number of hydrogen-bond donors (Lipinski definition) is 2. The van der Waals surface area contributed by atoms with Gasteiger partial charge in [-0.2, -0.15) is 0 Å². The van der Waals surface area contributed by atoms with Gasteiger partial charge in [-0.3, -0.25) is 4.79 Å². The lowest BCUT2D eigenvalue weighted by molar-refractivity contribution is 0.102. The zero-order valence-electron chi connectivity index (χ0n) is 17.8. The topological polar surface area (TPSA) is 93.7 Å². The standard InChI is InChI=1S/C23H30N2O5S/c1-2-29-16-17-30-21-12-8-18(9-13-21)23(26)24-19-10-14-22(15-11-19)31(27,28)25-20-6-4-3-5-7-20/h8-15,20,25H,2-7,16-17H2,1H3,(H,24,26). The van der Waals surface area contributed by atoms with E-state index in [1.165, 1.54) is 12.1 Å². The predicted octanol–water partition coefficient (Wildman–Crippen LogP) is 3.97. The Kier molecular flexibility index (Phi) is 8.45. The Morgan fingerprint density at radius 3 is 2.29 bits per heavy atom. The van der Waals surface area contributed by atoms with E-state index in [1.54, 1.807) is 36.4 Å². The fourth-order valence-corrected chi connectivity index (χ4v) is 4.80. The van der Waals surface area contributed by atoms with E-state index in [2.05, 4.69) is 10.0 Å². The molecule has 1 saturated carbocycles. The molecular weight excluding hydrogens is 416 g/mol. The molecule has 0 heterocycles. The summed E-state index contributed by atoms with van der Waals surface area (Å²) >= 11 is 0. The van der Waals surface area contributed by atoms with Crippen LogP contribution in [0.4, 0.5) is 5.69 Å². The second kappa shape index (κ2) is 11.3. The van der Waals surface area contributed by atoms with Gasteiger partial charge in [0.25, 0.3) is 5.91 Å². The maximum atomic E-state index is 12.6. The molecule has 0 atom stereocenters. The summed E-state index contributed by atoms with van der Waals surface area (Å²) in [5.41, 5.74) is 1.01. The Balaban J connectivity index is 1.54. The molecule has 0 unspecified atom stereocenters. The summed E-state index contributed by atoms with van der Waals surface area (Å²) in [5, 5.41) is 2.78. The van der Waals surface area contributed by atoms with E-state index in [9.17, 15) is 13.2 Å². The Morgan fingerprint density at radius 2 is 1.65 bits per heavy atom. The number of sulfonamides is 1. The van der Waals surface area contributed by atoms with E-state index < -0.39 is 10.0 Å². The molecule has 2 aromatic rings. The highest BCUT2D eigenvalue weighted by Crippen LogP contribution is 2.21. The van der Waals surface area contributed by atoms with Gasteiger partial charge in [0.05, 0.1) is 11.5 Å². The predicted molar refractivity (Wildman–Crippen MR) is 120 cm³/mol. The molecule has 8 heteroatoms. The average molecular weight is 447 g/mol. The van der Waals surface area contributed by atoms with Crippen LogP contribution in [-0.2, 0) is 14.8 Å². The highest BCUT2D eigenvalue weighted by Gasteiger charge is 2.21. The van der Waals surface area contributed by atoms with Crippen LogP contribution in [0.1, 0.15) is 49.4 Å². The van der Waals surface area contributed by atoms with Gasteiger partial charge < -0.3 is 14.8 Å². The molecule has 1 fully saturated rings. The number of amides is 1. The second-order valence-electron chi connectivity index (χ2n) is 7.50. The van der Waals surface area contributed by atoms with Gasteiger partial charge in [-0.25, -0.2) is 13.1 Å². The van der Waals surface area contributed by atoms with E-state index in [4.69, 9.17) is 9.47 Å². The minimum Gasteiger partial charge on any atom is -0.491 e. The van der Waals surface area contributed by atoms with Crippen molar-refractivity contribution in [1.82, 2.24) is 4.72 Å². The van der Waals surface area contributed by atoms with Crippen LogP contribution in [0.5, 0.6) is 5.75 Å². The van der Waals surface area contributed by atoms with Gasteiger partial charge >= 0.3 is 0 Å². The molecule has 1 aliphatic carbocycles. The Morgan fingerprint density at radius 1 is 0.968 bits per heavy atom. The smallest absolute Gasteiger partial charge is 0.255 e. The quantitative estimate of drug-likeness (QED) is 0.539. The van der Waals surface area contributed by atoms with Crippen molar-refractivity contribution in [1.29, 1.82) is 0 Å². The van der Waals surface area contributed by atoms with Crippen molar-refractivity contribution in [3.8, 4) is 5.75 Å². The summed E-state index contributed by atoms with van der Waals surface area (Å²) in [6, 6.07) is 13.0. The third kappa shape index (κ3) is 7.05. The largest absolute Gasteiger partial charge is 0.491 e. The van der Waals surface area contributed by atoms with Gasteiger partial charge in [-0.15, -0.1) is 0 Å². The van der Waals surface area contributed by atoms with Crippen LogP contribution in [0, 0.1) is 0 Å². The Hall–Kier alpha value is -2.42. The molecule has 1 aliphatic rings. The van der Waals surface area contributed by atoms with Crippen LogP contribution < -0.4 is 14.8 Å². The zero-order chi connectivity index (χ0) is 22.1. The molecule has 2 N–H and O–H groups in total. The first-order chi connectivity index (χ1) is 15.0. The third-order valence-corrected chi connectivity index (χ3v) is 6.70. The summed E-state index contributed by atoms with van der Waals surface area (Å²) < 4.78 is 38.7. The molecule has 31 heavy (non-hydrogen) atoms. The van der Waals surface area contributed by atoms with Crippen molar-refractivity contribution in [3.63, 3.8) is 0 Å². The number of carbonyl (C=O) groups is 1. The van der Waals surface area contributed by atoms with Crippen LogP contribution >= 0.6 is 0 Å². The molecule has 3 rings (SSSR count). The summed E-state index contributed by atoms with van der Waals surface area (Å²) in [5.74, 6) is 0.382. The minimum atomic E-state index is -3.56. The first kappa shape index (κ1) is 23.2. The number of carbonyl (C=O) groups excluding carboxylic acids is 1. The van der Waals surface area contributed by atoms with Crippen molar-refractivity contribution in [2.24, 2.45) is 0 Å². The number of nitrogens with one attached hydrogen (secondary N) is 2. The normalized spacial score (nSPS) is 14.9. The molecule has 0 bridgehead atoms. The fraction of sp³-hybridized carbons (Fsp3) is 0.435. The monoisotopic (exact) mass is 446 g/mol. The van der Waals surface area contributed by atoms with E-state index in [0.717, 1.165) is 32.1 Å². The Labute approximate surface area is 184 Å². The van der Waals surface area contributed by atoms with E-state index in [-0.39, 0.29) is 16.8 Å². The number of ether oxygens (including phenoxy) is 2. The minimum absolute atomic E-state index is 0.00394. The van der Waals surface area contributed by atoms with Gasteiger partial charge in [0.15, 0.2) is 0 Å². The third-order valence-electron chi connectivity index (χ3n) is 5.17. The summed E-state index contributed by atoms with van der Waals surface area (Å²) in [4.78, 5) is 12.7. The first-order valence-corrected chi connectivity index (χ1v) is 12.2. The van der Waals surface area contributed by atoms with Gasteiger partial charge in [0, 0.05) is 23.9 Å². The van der Waals surface area contributed by atoms with Gasteiger partial charge in [-0.1, -0.05) is 19.3 Å². The van der Waals surface area contributed by atoms with Gasteiger partial charge in [0.2, 0.25) is 10.0 Å². The van der Waals surface area contributed by atoms with Crippen molar-refractivity contribution < 1.29 is 22.7 Å². The lowest BCUT2D eigenvalue weighted by atomic mass is 9.96. The first-order valence-electron chi connectivity index (χ1n) is 10.7. The van der Waals surface area contributed by atoms with E-state index in [1.807, 2.05) is 6.92 Å². The number of anilines is 1. The molecule has 1 amide bonds. The zero-order valence-corrected chi connectivity index (χ0v) is 18.6. The fourth-order valence-electron chi connectivity index (χ4n) is 3.49. The van der Waals surface area contributed by atoms with Gasteiger partial charge in [-0.05, 0) is 68.3 Å². The molecule has 168 valence electrons. The number of benzene rings is 2. The van der Waals surface area contributed by atoms with Crippen LogP contribution in [0.2, 0.25) is 0 Å². The van der Waals surface area contributed by atoms with Crippen molar-refractivity contribution >= 4 is 21.6 Å². The lowest BCUT2D eigenvalue weighted by Gasteiger charge is -2.22. The SMILES string of the molecule is CCOCCOc1ccc(C(=O)Nc2ccc(S(=O)(=O)NC3CCCCC3)cc2)cc1. The average Bonchev–Trinajstić information content (AvgIpc) is 2.78. The highest BCUT2D eigenvalue weighted by molar-refractivity contribution is 7.89. The van der Waals surface area contributed by atoms with Crippen LogP contribution in [-0.4, -0.2) is 40.2 Å². The Bertz CT molecular complexity index is 937. The molecule has 0 spiro atoms. The van der Waals surface area contributed by atoms with Gasteiger partial charge in [0.1, 0.15) is 12.4 Å². The molecule has 7 nitrogen and oxygen atoms in total. The number of rotatable bonds is 10. The molecule has 0 aromatic heterocycles. The lowest BCUT2D eigenvalue weighted by Crippen LogP contribution is -2.36. The van der Waals surface area contributed by atoms with E-state index in [0.29, 0.717) is 36.8 Å². The van der Waals surface area contributed by atoms with Crippen LogP contribution in [0.3, 0.4) is 0 Å². The number of hydrogen-bond acceptors (Lipinski definition) is 5. The second-order valence-corrected chi connectivity index (χ2v) is 9.22. The molecule has 0 saturated heterocycles. The summed E-state index contributed by atoms with van der Waals surface area (Å²) in [6.07, 6.45) is 5.03. The van der Waals surface area contributed by atoms with E-state index >= 15 is 0 Å². The molecule has 0 aliphatic heterocycles. The highest BCUT2D eigenvalue weighted by atomic mass is 32.2. The summed E-state index contributed by atoms with van der Waals surface area (Å²) in [7, 11) is -3.56. The molecular formula is C23H30N2O5S. The maximum Gasteiger partial charge on any atom is 0.255 e. The van der Waals surface area contributed by atoms with Crippen LogP contribution in [0.15, 0.2) is 53.4 Å². The van der Waals surface area contributed by atoms with Crippen molar-refractivity contribution in [2.45, 2.75) is 50.0 Å². The van der Waals surface area contributed by atoms with Crippen molar-refractivity contribution in [3.05, 3.63) is 54.1 Å². The maximum absolute atomic E-state index is 12.6. The summed E-state index contributed by atoms with van der Waals surface area (Å²) in [6.45, 7) is 3.53.